The molecule has 2 aromatic heterocycles. The normalized spacial score (nSPS) is 11.5. The molecule has 0 aliphatic heterocycles. The van der Waals surface area contributed by atoms with Gasteiger partial charge in [0.25, 0.3) is 0 Å². The van der Waals surface area contributed by atoms with Crippen molar-refractivity contribution in [3.63, 3.8) is 0 Å². The van der Waals surface area contributed by atoms with Crippen LogP contribution in [-0.2, 0) is 21.4 Å². The molecule has 0 bridgehead atoms. The van der Waals surface area contributed by atoms with Crippen molar-refractivity contribution in [2.24, 2.45) is 0 Å². The summed E-state index contributed by atoms with van der Waals surface area (Å²) in [5.74, 6) is 0.272. The average molecular weight is 441 g/mol. The molecule has 0 saturated carbocycles. The summed E-state index contributed by atoms with van der Waals surface area (Å²) in [7, 11) is -3.86. The number of halogens is 1. The standard InChI is InChI=1S/C17H17ClN4O4S2/c1-10-15(7-14(27-10)17-21-11(2)26-22-17)28(24,25)20-9-16(23)19-8-12-3-5-13(18)6-4-12/h3-7,20H,8-9H2,1-2H3,(H,19,23). The summed E-state index contributed by atoms with van der Waals surface area (Å²) < 4.78 is 32.3. The molecule has 0 spiro atoms. The van der Waals surface area contributed by atoms with Gasteiger partial charge >= 0.3 is 0 Å². The van der Waals surface area contributed by atoms with E-state index in [1.807, 2.05) is 0 Å². The Balaban J connectivity index is 1.61. The molecular formula is C17H17ClN4O4S2. The number of aromatic nitrogens is 2. The molecule has 1 aromatic carbocycles. The van der Waals surface area contributed by atoms with E-state index in [-0.39, 0.29) is 18.0 Å². The summed E-state index contributed by atoms with van der Waals surface area (Å²) in [5, 5.41) is 7.05. The minimum absolute atomic E-state index is 0.0838. The van der Waals surface area contributed by atoms with Crippen molar-refractivity contribution in [2.45, 2.75) is 25.3 Å². The fraction of sp³-hybridized carbons (Fsp3) is 0.235. The molecule has 0 unspecified atom stereocenters. The monoisotopic (exact) mass is 440 g/mol. The molecule has 28 heavy (non-hydrogen) atoms. The molecule has 0 aliphatic carbocycles. The van der Waals surface area contributed by atoms with Crippen LogP contribution in [0.5, 0.6) is 0 Å². The largest absolute Gasteiger partial charge is 0.351 e. The number of thiophene rings is 1. The Hall–Kier alpha value is -2.27. The van der Waals surface area contributed by atoms with Gasteiger partial charge in [-0.1, -0.05) is 28.9 Å². The van der Waals surface area contributed by atoms with Crippen LogP contribution in [0, 0.1) is 13.8 Å². The zero-order valence-corrected chi connectivity index (χ0v) is 17.4. The number of nitrogens with one attached hydrogen (secondary N) is 2. The number of aryl methyl sites for hydroxylation is 2. The Morgan fingerprint density at radius 2 is 1.96 bits per heavy atom. The van der Waals surface area contributed by atoms with Crippen molar-refractivity contribution in [1.29, 1.82) is 0 Å². The molecule has 0 aliphatic rings. The van der Waals surface area contributed by atoms with Crippen molar-refractivity contribution in [2.75, 3.05) is 6.54 Å². The van der Waals surface area contributed by atoms with E-state index in [9.17, 15) is 13.2 Å². The van der Waals surface area contributed by atoms with E-state index in [1.54, 1.807) is 38.1 Å². The first kappa shape index (κ1) is 20.5. The van der Waals surface area contributed by atoms with Gasteiger partial charge in [0.1, 0.15) is 0 Å². The van der Waals surface area contributed by atoms with Gasteiger partial charge in [-0.25, -0.2) is 13.1 Å². The summed E-state index contributed by atoms with van der Waals surface area (Å²) >= 11 is 7.05. The smallest absolute Gasteiger partial charge is 0.242 e. The number of hydrogen-bond acceptors (Lipinski definition) is 7. The number of carbonyl (C=O) groups is 1. The first-order valence-corrected chi connectivity index (χ1v) is 10.8. The maximum absolute atomic E-state index is 12.6. The number of benzene rings is 1. The maximum atomic E-state index is 12.6. The van der Waals surface area contributed by atoms with Gasteiger partial charge in [-0.05, 0) is 30.7 Å². The van der Waals surface area contributed by atoms with E-state index < -0.39 is 15.9 Å². The van der Waals surface area contributed by atoms with Gasteiger partial charge in [0.15, 0.2) is 0 Å². The molecule has 2 N–H and O–H groups in total. The minimum atomic E-state index is -3.86. The molecule has 148 valence electrons. The summed E-state index contributed by atoms with van der Waals surface area (Å²) in [6.07, 6.45) is 0. The third kappa shape index (κ3) is 4.96. The van der Waals surface area contributed by atoms with E-state index >= 15 is 0 Å². The van der Waals surface area contributed by atoms with E-state index in [0.29, 0.717) is 26.5 Å². The topological polar surface area (TPSA) is 114 Å². The van der Waals surface area contributed by atoms with E-state index in [2.05, 4.69) is 20.2 Å². The second-order valence-corrected chi connectivity index (χ2v) is 9.32. The SMILES string of the molecule is Cc1nc(-c2cc(S(=O)(=O)NCC(=O)NCc3ccc(Cl)cc3)c(C)s2)no1. The van der Waals surface area contributed by atoms with Gasteiger partial charge in [0.2, 0.25) is 27.6 Å². The highest BCUT2D eigenvalue weighted by Crippen LogP contribution is 2.31. The fourth-order valence-electron chi connectivity index (χ4n) is 2.35. The third-order valence-corrected chi connectivity index (χ3v) is 6.69. The van der Waals surface area contributed by atoms with Crippen LogP contribution < -0.4 is 10.0 Å². The van der Waals surface area contributed by atoms with Crippen molar-refractivity contribution in [3.8, 4) is 10.7 Å². The third-order valence-electron chi connectivity index (χ3n) is 3.74. The van der Waals surface area contributed by atoms with Gasteiger partial charge in [0.05, 0.1) is 16.3 Å². The Bertz CT molecular complexity index is 1090. The number of rotatable bonds is 7. The predicted octanol–water partition coefficient (Wildman–Crippen LogP) is 2.66. The molecule has 0 atom stereocenters. The first-order valence-electron chi connectivity index (χ1n) is 8.16. The number of sulfonamides is 1. The van der Waals surface area contributed by atoms with Crippen LogP contribution >= 0.6 is 22.9 Å². The highest BCUT2D eigenvalue weighted by Gasteiger charge is 2.22. The van der Waals surface area contributed by atoms with E-state index in [1.165, 1.54) is 17.4 Å². The van der Waals surface area contributed by atoms with Crippen LogP contribution in [0.25, 0.3) is 10.7 Å². The van der Waals surface area contributed by atoms with Crippen LogP contribution in [0.4, 0.5) is 0 Å². The lowest BCUT2D eigenvalue weighted by molar-refractivity contribution is -0.120. The molecule has 11 heteroatoms. The number of carbonyl (C=O) groups excluding carboxylic acids is 1. The lowest BCUT2D eigenvalue weighted by Crippen LogP contribution is -2.36. The summed E-state index contributed by atoms with van der Waals surface area (Å²) in [4.78, 5) is 17.3. The second-order valence-electron chi connectivity index (χ2n) is 5.90. The molecule has 0 saturated heterocycles. The predicted molar refractivity (Wildman–Crippen MR) is 106 cm³/mol. The lowest BCUT2D eigenvalue weighted by Gasteiger charge is -2.08. The number of hydrogen-bond donors (Lipinski definition) is 2. The van der Waals surface area contributed by atoms with Crippen LogP contribution in [0.2, 0.25) is 5.02 Å². The number of amides is 1. The Labute approximate surface area is 171 Å². The molecular weight excluding hydrogens is 424 g/mol. The highest BCUT2D eigenvalue weighted by molar-refractivity contribution is 7.89. The Morgan fingerprint density at radius 3 is 2.61 bits per heavy atom. The zero-order chi connectivity index (χ0) is 20.3. The van der Waals surface area contributed by atoms with E-state index in [4.69, 9.17) is 16.1 Å². The van der Waals surface area contributed by atoms with Crippen LogP contribution in [0.15, 0.2) is 39.8 Å². The molecule has 0 fully saturated rings. The minimum Gasteiger partial charge on any atom is -0.351 e. The lowest BCUT2D eigenvalue weighted by atomic mass is 10.2. The van der Waals surface area contributed by atoms with Gasteiger partial charge < -0.3 is 9.84 Å². The average Bonchev–Trinajstić information content (AvgIpc) is 3.25. The Morgan fingerprint density at radius 1 is 1.25 bits per heavy atom. The van der Waals surface area contributed by atoms with Gasteiger partial charge in [0, 0.05) is 23.4 Å². The first-order chi connectivity index (χ1) is 13.2. The summed E-state index contributed by atoms with van der Waals surface area (Å²) in [5.41, 5.74) is 0.856. The summed E-state index contributed by atoms with van der Waals surface area (Å²) in [6, 6.07) is 8.46. The number of nitrogens with zero attached hydrogens (tertiary/aromatic N) is 2. The fourth-order valence-corrected chi connectivity index (χ4v) is 4.97. The van der Waals surface area contributed by atoms with Crippen LogP contribution in [0.1, 0.15) is 16.3 Å². The highest BCUT2D eigenvalue weighted by atomic mass is 35.5. The molecule has 8 nitrogen and oxygen atoms in total. The quantitative estimate of drug-likeness (QED) is 0.583. The van der Waals surface area contributed by atoms with Crippen LogP contribution in [-0.4, -0.2) is 31.0 Å². The van der Waals surface area contributed by atoms with Crippen molar-refractivity contribution < 1.29 is 17.7 Å². The van der Waals surface area contributed by atoms with Gasteiger partial charge in [-0.3, -0.25) is 4.79 Å². The van der Waals surface area contributed by atoms with Crippen molar-refractivity contribution in [3.05, 3.63) is 51.7 Å². The molecule has 1 amide bonds. The van der Waals surface area contributed by atoms with Gasteiger partial charge in [-0.2, -0.15) is 4.98 Å². The zero-order valence-electron chi connectivity index (χ0n) is 15.0. The van der Waals surface area contributed by atoms with Gasteiger partial charge in [-0.15, -0.1) is 11.3 Å². The molecule has 2 heterocycles. The van der Waals surface area contributed by atoms with Crippen LogP contribution in [0.3, 0.4) is 0 Å². The summed E-state index contributed by atoms with van der Waals surface area (Å²) in [6.45, 7) is 3.23. The molecule has 3 rings (SSSR count). The maximum Gasteiger partial charge on any atom is 0.242 e. The molecule has 0 radical (unpaired) electrons. The molecule has 3 aromatic rings. The second kappa shape index (κ2) is 8.39. The Kier molecular flexibility index (Phi) is 6.14. The van der Waals surface area contributed by atoms with E-state index in [0.717, 1.165) is 5.56 Å². The van der Waals surface area contributed by atoms with Crippen molar-refractivity contribution in [1.82, 2.24) is 20.2 Å². The van der Waals surface area contributed by atoms with Crippen molar-refractivity contribution >= 4 is 38.9 Å².